The van der Waals surface area contributed by atoms with E-state index in [2.05, 4.69) is 11.9 Å². The summed E-state index contributed by atoms with van der Waals surface area (Å²) in [4.78, 5) is 13.6. The molecule has 0 unspecified atom stereocenters. The van der Waals surface area contributed by atoms with Crippen LogP contribution in [-0.2, 0) is 4.79 Å². The molecule has 0 aliphatic carbocycles. The van der Waals surface area contributed by atoms with Crippen LogP contribution in [0.1, 0.15) is 85.0 Å². The fraction of sp³-hybridized carbons (Fsp3) is 0.882. The van der Waals surface area contributed by atoms with Gasteiger partial charge in [-0.2, -0.15) is 4.99 Å². The van der Waals surface area contributed by atoms with E-state index in [0.717, 1.165) is 9.28 Å². The van der Waals surface area contributed by atoms with Crippen LogP contribution in [0.2, 0.25) is 0 Å². The molecule has 0 aliphatic heterocycles. The Morgan fingerprint density at radius 1 is 1.00 bits per heavy atom. The molecule has 0 heterocycles. The summed E-state index contributed by atoms with van der Waals surface area (Å²) in [5, 5.41) is 0. The maximum absolute atomic E-state index is 10.3. The van der Waals surface area contributed by atoms with E-state index in [0.29, 0.717) is 0 Å². The molecule has 0 aromatic carbocycles. The third-order valence-electron chi connectivity index (χ3n) is 3.37. The minimum atomic E-state index is -0.483. The summed E-state index contributed by atoms with van der Waals surface area (Å²) in [7, 11) is 0. The zero-order chi connectivity index (χ0) is 16.7. The second-order valence-corrected chi connectivity index (χ2v) is 9.93. The SMILES string of the molecule is CCCCCCCCCCCCSC(=S)SC(C)(C)N=C=O. The smallest absolute Gasteiger partial charge is 0.211 e. The van der Waals surface area contributed by atoms with Crippen LogP contribution in [0.5, 0.6) is 0 Å². The minimum Gasteiger partial charge on any atom is -0.211 e. The number of unbranched alkanes of at least 4 members (excludes halogenated alkanes) is 9. The number of thiocarbonyl (C=S) groups is 1. The highest BCUT2D eigenvalue weighted by atomic mass is 32.2. The van der Waals surface area contributed by atoms with Crippen molar-refractivity contribution in [2.45, 2.75) is 89.9 Å². The van der Waals surface area contributed by atoms with Gasteiger partial charge in [-0.1, -0.05) is 88.7 Å². The van der Waals surface area contributed by atoms with Crippen LogP contribution >= 0.6 is 35.7 Å². The van der Waals surface area contributed by atoms with Gasteiger partial charge in [-0.25, -0.2) is 4.79 Å². The molecule has 5 heteroatoms. The van der Waals surface area contributed by atoms with E-state index in [9.17, 15) is 4.79 Å². The first-order chi connectivity index (χ1) is 10.5. The first kappa shape index (κ1) is 22.2. The lowest BCUT2D eigenvalue weighted by molar-refractivity contribution is 0.558. The van der Waals surface area contributed by atoms with Gasteiger partial charge in [0.25, 0.3) is 0 Å². The lowest BCUT2D eigenvalue weighted by atomic mass is 10.1. The lowest BCUT2D eigenvalue weighted by Crippen LogP contribution is -2.12. The Morgan fingerprint density at radius 3 is 2.00 bits per heavy atom. The predicted octanol–water partition coefficient (Wildman–Crippen LogP) is 6.73. The second-order valence-electron chi connectivity index (χ2n) is 6.03. The zero-order valence-corrected chi connectivity index (χ0v) is 16.8. The summed E-state index contributed by atoms with van der Waals surface area (Å²) in [5.74, 6) is 1.07. The van der Waals surface area contributed by atoms with Crippen molar-refractivity contribution in [1.29, 1.82) is 0 Å². The standard InChI is InChI=1S/C17H31NOS3/c1-4-5-6-7-8-9-10-11-12-13-14-21-16(20)22-17(2,3)18-15-19/h4-14H2,1-3H3. The number of thioether (sulfide) groups is 2. The van der Waals surface area contributed by atoms with Gasteiger partial charge >= 0.3 is 0 Å². The first-order valence-corrected chi connectivity index (χ1v) is 10.7. The number of nitrogens with zero attached hydrogens (tertiary/aromatic N) is 1. The van der Waals surface area contributed by atoms with Gasteiger partial charge in [0.1, 0.15) is 8.40 Å². The molecule has 2 nitrogen and oxygen atoms in total. The number of hydrogen-bond donors (Lipinski definition) is 0. The monoisotopic (exact) mass is 361 g/mol. The molecule has 0 aromatic rings. The Balaban J connectivity index is 3.39. The van der Waals surface area contributed by atoms with E-state index in [1.807, 2.05) is 13.8 Å². The average molecular weight is 362 g/mol. The van der Waals surface area contributed by atoms with Crippen LogP contribution in [-0.4, -0.2) is 20.2 Å². The maximum atomic E-state index is 10.3. The minimum absolute atomic E-state index is 0.483. The van der Waals surface area contributed by atoms with Crippen molar-refractivity contribution in [1.82, 2.24) is 0 Å². The fourth-order valence-corrected chi connectivity index (χ4v) is 5.08. The topological polar surface area (TPSA) is 29.4 Å². The summed E-state index contributed by atoms with van der Waals surface area (Å²) < 4.78 is 0.875. The summed E-state index contributed by atoms with van der Waals surface area (Å²) >= 11 is 8.51. The molecule has 0 rings (SSSR count). The van der Waals surface area contributed by atoms with E-state index < -0.39 is 4.87 Å². The van der Waals surface area contributed by atoms with Crippen molar-refractivity contribution in [2.75, 3.05) is 5.75 Å². The van der Waals surface area contributed by atoms with Crippen LogP contribution in [0.25, 0.3) is 0 Å². The Morgan fingerprint density at radius 2 is 1.50 bits per heavy atom. The molecule has 0 atom stereocenters. The highest BCUT2D eigenvalue weighted by molar-refractivity contribution is 8.47. The molecular weight excluding hydrogens is 330 g/mol. The Kier molecular flexibility index (Phi) is 14.9. The molecule has 0 aromatic heterocycles. The average Bonchev–Trinajstić information content (AvgIpc) is 2.44. The normalized spacial score (nSPS) is 11.2. The second kappa shape index (κ2) is 14.7. The third-order valence-corrected chi connectivity index (χ3v) is 6.06. The van der Waals surface area contributed by atoms with Crippen molar-refractivity contribution >= 4 is 45.4 Å². The molecule has 128 valence electrons. The van der Waals surface area contributed by atoms with Crippen LogP contribution in [0.15, 0.2) is 4.99 Å². The molecule has 0 saturated heterocycles. The highest BCUT2D eigenvalue weighted by Crippen LogP contribution is 2.31. The number of rotatable bonds is 13. The number of aliphatic imine (C=N–C) groups is 1. The van der Waals surface area contributed by atoms with Crippen LogP contribution < -0.4 is 0 Å². The summed E-state index contributed by atoms with van der Waals surface area (Å²) in [6.45, 7) is 6.03. The molecule has 0 bridgehead atoms. The summed E-state index contributed by atoms with van der Waals surface area (Å²) in [5.41, 5.74) is 0. The number of carbonyl (C=O) groups excluding carboxylic acids is 1. The highest BCUT2D eigenvalue weighted by Gasteiger charge is 2.19. The van der Waals surface area contributed by atoms with E-state index >= 15 is 0 Å². The zero-order valence-electron chi connectivity index (χ0n) is 14.4. The number of isocyanates is 1. The van der Waals surface area contributed by atoms with Gasteiger partial charge in [0.15, 0.2) is 0 Å². The third kappa shape index (κ3) is 15.1. The van der Waals surface area contributed by atoms with Crippen molar-refractivity contribution in [3.8, 4) is 0 Å². The van der Waals surface area contributed by atoms with E-state index in [1.54, 1.807) is 17.8 Å². The molecule has 0 aliphatic rings. The molecule has 0 radical (unpaired) electrons. The van der Waals surface area contributed by atoms with Crippen molar-refractivity contribution in [2.24, 2.45) is 4.99 Å². The Hall–Kier alpha value is 0.170. The van der Waals surface area contributed by atoms with Gasteiger partial charge in [-0.15, -0.1) is 11.8 Å². The fourth-order valence-electron chi connectivity index (χ4n) is 2.11. The predicted molar refractivity (Wildman–Crippen MR) is 107 cm³/mol. The molecule has 0 amide bonds. The van der Waals surface area contributed by atoms with Crippen molar-refractivity contribution < 1.29 is 4.79 Å². The van der Waals surface area contributed by atoms with Gasteiger partial charge < -0.3 is 0 Å². The van der Waals surface area contributed by atoms with Gasteiger partial charge in [-0.05, 0) is 26.0 Å². The molecule has 0 fully saturated rings. The van der Waals surface area contributed by atoms with E-state index in [-0.39, 0.29) is 0 Å². The van der Waals surface area contributed by atoms with Crippen molar-refractivity contribution in [3.05, 3.63) is 0 Å². The van der Waals surface area contributed by atoms with Gasteiger partial charge in [0, 0.05) is 0 Å². The van der Waals surface area contributed by atoms with Crippen LogP contribution in [0, 0.1) is 0 Å². The van der Waals surface area contributed by atoms with Crippen molar-refractivity contribution in [3.63, 3.8) is 0 Å². The molecule has 22 heavy (non-hydrogen) atoms. The van der Waals surface area contributed by atoms with Gasteiger partial charge in [0.2, 0.25) is 6.08 Å². The van der Waals surface area contributed by atoms with E-state index in [1.165, 1.54) is 76.0 Å². The lowest BCUT2D eigenvalue weighted by Gasteiger charge is -2.16. The molecule has 0 spiro atoms. The first-order valence-electron chi connectivity index (χ1n) is 8.46. The number of hydrogen-bond acceptors (Lipinski definition) is 5. The molecular formula is C17H31NOS3. The van der Waals surface area contributed by atoms with Gasteiger partial charge in [-0.3, -0.25) is 0 Å². The van der Waals surface area contributed by atoms with Crippen LogP contribution in [0.3, 0.4) is 0 Å². The largest absolute Gasteiger partial charge is 0.236 e. The quantitative estimate of drug-likeness (QED) is 0.157. The molecule has 0 saturated carbocycles. The Labute approximate surface area is 150 Å². The Bertz CT molecular complexity index is 339. The summed E-state index contributed by atoms with van der Waals surface area (Å²) in [6.07, 6.45) is 15.2. The van der Waals surface area contributed by atoms with Gasteiger partial charge in [0.05, 0.1) is 0 Å². The molecule has 0 N–H and O–H groups in total. The summed E-state index contributed by atoms with van der Waals surface area (Å²) in [6, 6.07) is 0. The van der Waals surface area contributed by atoms with E-state index in [4.69, 9.17) is 12.2 Å². The van der Waals surface area contributed by atoms with Crippen LogP contribution in [0.4, 0.5) is 0 Å². The maximum Gasteiger partial charge on any atom is 0.236 e.